The smallest absolute Gasteiger partial charge is 0.280 e. The van der Waals surface area contributed by atoms with E-state index in [0.717, 1.165) is 6.42 Å². The van der Waals surface area contributed by atoms with Crippen LogP contribution in [0.2, 0.25) is 0 Å². The molecule has 0 unspecified atom stereocenters. The Morgan fingerprint density at radius 1 is 1.31 bits per heavy atom. The molecular weight excluding hydrogens is 212 g/mol. The zero-order valence-corrected chi connectivity index (χ0v) is 8.53. The van der Waals surface area contributed by atoms with Crippen molar-refractivity contribution in [3.05, 3.63) is 42.1 Å². The minimum atomic E-state index is -2.54. The van der Waals surface area contributed by atoms with Gasteiger partial charge in [-0.05, 0) is 18.9 Å². The van der Waals surface area contributed by atoms with Crippen LogP contribution in [-0.4, -0.2) is 22.1 Å². The Morgan fingerprint density at radius 2 is 2.19 bits per heavy atom. The summed E-state index contributed by atoms with van der Waals surface area (Å²) in [6.07, 6.45) is 6.99. The van der Waals surface area contributed by atoms with Gasteiger partial charge in [-0.2, -0.15) is 0 Å². The number of nitrogens with zero attached hydrogens (tertiary/aromatic N) is 2. The van der Waals surface area contributed by atoms with Crippen LogP contribution in [0.1, 0.15) is 18.5 Å². The van der Waals surface area contributed by atoms with Gasteiger partial charge in [0.05, 0.1) is 23.9 Å². The summed E-state index contributed by atoms with van der Waals surface area (Å²) in [7, 11) is 0. The van der Waals surface area contributed by atoms with Crippen molar-refractivity contribution in [1.29, 1.82) is 0 Å². The van der Waals surface area contributed by atoms with E-state index in [4.69, 9.17) is 0 Å². The molecule has 3 nitrogen and oxygen atoms in total. The summed E-state index contributed by atoms with van der Waals surface area (Å²) in [5.41, 5.74) is 0.961. The molecule has 0 radical (unpaired) electrons. The molecule has 16 heavy (non-hydrogen) atoms. The van der Waals surface area contributed by atoms with Crippen molar-refractivity contribution < 1.29 is 8.78 Å². The molecule has 1 aliphatic heterocycles. The first-order valence-electron chi connectivity index (χ1n) is 4.99. The van der Waals surface area contributed by atoms with E-state index < -0.39 is 6.43 Å². The van der Waals surface area contributed by atoms with Gasteiger partial charge in [0.1, 0.15) is 5.70 Å². The Morgan fingerprint density at radius 3 is 2.88 bits per heavy atom. The van der Waals surface area contributed by atoms with Gasteiger partial charge in [0.15, 0.2) is 0 Å². The summed E-state index contributed by atoms with van der Waals surface area (Å²) in [6.45, 7) is 0. The number of halogens is 2. The fraction of sp³-hybridized carbons (Fsp3) is 0.273. The summed E-state index contributed by atoms with van der Waals surface area (Å²) >= 11 is 0. The molecule has 0 aliphatic carbocycles. The van der Waals surface area contributed by atoms with Gasteiger partial charge in [-0.25, -0.2) is 18.8 Å². The van der Waals surface area contributed by atoms with E-state index in [0.29, 0.717) is 17.8 Å². The first-order chi connectivity index (χ1) is 7.77. The predicted molar refractivity (Wildman–Crippen MR) is 57.6 cm³/mol. The molecule has 1 aromatic heterocycles. The van der Waals surface area contributed by atoms with Crippen molar-refractivity contribution in [1.82, 2.24) is 9.97 Å². The fourth-order valence-corrected chi connectivity index (χ4v) is 1.43. The number of allylic oxidation sites excluding steroid dienone is 4. The van der Waals surface area contributed by atoms with E-state index in [-0.39, 0.29) is 5.70 Å². The number of hydrogen-bond donors (Lipinski definition) is 1. The van der Waals surface area contributed by atoms with Gasteiger partial charge in [0.2, 0.25) is 0 Å². The van der Waals surface area contributed by atoms with Crippen molar-refractivity contribution in [2.45, 2.75) is 19.3 Å². The first-order valence-corrected chi connectivity index (χ1v) is 4.99. The van der Waals surface area contributed by atoms with E-state index in [1.165, 1.54) is 12.4 Å². The average molecular weight is 223 g/mol. The van der Waals surface area contributed by atoms with Crippen LogP contribution in [0.3, 0.4) is 0 Å². The van der Waals surface area contributed by atoms with Crippen LogP contribution in [0.4, 0.5) is 8.78 Å². The molecule has 0 atom stereocenters. The largest absolute Gasteiger partial charge is 0.343 e. The predicted octanol–water partition coefficient (Wildman–Crippen LogP) is 2.70. The number of hydrogen-bond acceptors (Lipinski definition) is 2. The minimum Gasteiger partial charge on any atom is -0.343 e. The fourth-order valence-electron chi connectivity index (χ4n) is 1.43. The van der Waals surface area contributed by atoms with Crippen LogP contribution in [0.5, 0.6) is 0 Å². The summed E-state index contributed by atoms with van der Waals surface area (Å²) in [6, 6.07) is 0. The van der Waals surface area contributed by atoms with Crippen molar-refractivity contribution in [2.75, 3.05) is 0 Å². The lowest BCUT2D eigenvalue weighted by atomic mass is 10.1. The van der Waals surface area contributed by atoms with Crippen molar-refractivity contribution >= 4 is 5.71 Å². The van der Waals surface area contributed by atoms with Crippen molar-refractivity contribution in [2.24, 2.45) is 4.99 Å². The van der Waals surface area contributed by atoms with Crippen LogP contribution in [0.15, 0.2) is 41.4 Å². The molecule has 1 N–H and O–H groups in total. The third kappa shape index (κ3) is 2.42. The van der Waals surface area contributed by atoms with Crippen LogP contribution in [0, 0.1) is 0 Å². The SMILES string of the molecule is FC(F)/C1=C/CCC=CC(c2cnc[nH]2)=N1. The molecule has 0 fully saturated rings. The number of aliphatic imine (C=N–C) groups is 1. The van der Waals surface area contributed by atoms with Gasteiger partial charge in [0.25, 0.3) is 6.43 Å². The van der Waals surface area contributed by atoms with Gasteiger partial charge in [-0.3, -0.25) is 0 Å². The molecule has 2 heterocycles. The summed E-state index contributed by atoms with van der Waals surface area (Å²) in [4.78, 5) is 10.6. The Bertz CT molecular complexity index is 430. The highest BCUT2D eigenvalue weighted by Crippen LogP contribution is 2.16. The molecule has 5 heteroatoms. The molecule has 1 aromatic rings. The number of H-pyrrole nitrogens is 1. The topological polar surface area (TPSA) is 41.0 Å². The highest BCUT2D eigenvalue weighted by atomic mass is 19.3. The normalized spacial score (nSPS) is 19.9. The summed E-state index contributed by atoms with van der Waals surface area (Å²) in [5.74, 6) is 0. The second-order valence-corrected chi connectivity index (χ2v) is 3.37. The molecule has 0 spiro atoms. The summed E-state index contributed by atoms with van der Waals surface area (Å²) in [5, 5.41) is 0. The average Bonchev–Trinajstić information content (AvgIpc) is 2.69. The molecular formula is C11H11F2N3. The Labute approximate surface area is 91.6 Å². The molecule has 0 bridgehead atoms. The van der Waals surface area contributed by atoms with Crippen LogP contribution >= 0.6 is 0 Å². The lowest BCUT2D eigenvalue weighted by molar-refractivity contribution is 0.188. The van der Waals surface area contributed by atoms with E-state index in [1.54, 1.807) is 12.3 Å². The maximum absolute atomic E-state index is 12.6. The first kappa shape index (κ1) is 10.7. The summed E-state index contributed by atoms with van der Waals surface area (Å²) < 4.78 is 25.2. The number of alkyl halides is 2. The van der Waals surface area contributed by atoms with Crippen LogP contribution in [-0.2, 0) is 0 Å². The van der Waals surface area contributed by atoms with Gasteiger partial charge in [0, 0.05) is 0 Å². The molecule has 84 valence electrons. The third-order valence-corrected chi connectivity index (χ3v) is 2.21. The van der Waals surface area contributed by atoms with Gasteiger partial charge in [-0.15, -0.1) is 0 Å². The van der Waals surface area contributed by atoms with E-state index in [2.05, 4.69) is 15.0 Å². The maximum atomic E-state index is 12.6. The highest BCUT2D eigenvalue weighted by Gasteiger charge is 2.12. The molecule has 0 aromatic carbocycles. The second kappa shape index (κ2) is 4.83. The van der Waals surface area contributed by atoms with E-state index in [1.807, 2.05) is 6.08 Å². The Kier molecular flexibility index (Phi) is 3.24. The minimum absolute atomic E-state index is 0.172. The Hall–Kier alpha value is -1.78. The number of aromatic amines is 1. The Balaban J connectivity index is 2.37. The highest BCUT2D eigenvalue weighted by molar-refractivity contribution is 6.07. The monoisotopic (exact) mass is 223 g/mol. The second-order valence-electron chi connectivity index (χ2n) is 3.37. The van der Waals surface area contributed by atoms with Gasteiger partial charge >= 0.3 is 0 Å². The van der Waals surface area contributed by atoms with Crippen LogP contribution < -0.4 is 0 Å². The number of imidazole rings is 1. The molecule has 0 amide bonds. The van der Waals surface area contributed by atoms with Gasteiger partial charge < -0.3 is 4.98 Å². The molecule has 1 aliphatic rings. The third-order valence-electron chi connectivity index (χ3n) is 2.21. The number of rotatable bonds is 2. The molecule has 0 saturated carbocycles. The van der Waals surface area contributed by atoms with E-state index >= 15 is 0 Å². The zero-order chi connectivity index (χ0) is 11.4. The quantitative estimate of drug-likeness (QED) is 0.822. The standard InChI is InChI=1S/C11H11F2N3/c12-11(13)9-5-3-1-2-4-8(16-9)10-6-14-7-15-10/h2,4-7,11H,1,3H2,(H,14,15)/b4-2?,9-5-,16-8?. The van der Waals surface area contributed by atoms with Gasteiger partial charge in [-0.1, -0.05) is 12.2 Å². The number of nitrogens with one attached hydrogen (secondary N) is 1. The van der Waals surface area contributed by atoms with E-state index in [9.17, 15) is 8.78 Å². The van der Waals surface area contributed by atoms with Crippen molar-refractivity contribution in [3.63, 3.8) is 0 Å². The van der Waals surface area contributed by atoms with Crippen molar-refractivity contribution in [3.8, 4) is 0 Å². The molecule has 2 rings (SSSR count). The zero-order valence-electron chi connectivity index (χ0n) is 8.53. The molecule has 0 saturated heterocycles. The maximum Gasteiger partial charge on any atom is 0.280 e. The lowest BCUT2D eigenvalue weighted by Gasteiger charge is -2.05. The van der Waals surface area contributed by atoms with Crippen LogP contribution in [0.25, 0.3) is 0 Å². The number of aromatic nitrogens is 2. The lowest BCUT2D eigenvalue weighted by Crippen LogP contribution is -2.04.